The molecule has 0 aromatic carbocycles. The van der Waals surface area contributed by atoms with Crippen LogP contribution in [0.1, 0.15) is 20.8 Å². The molecule has 106 valence electrons. The van der Waals surface area contributed by atoms with Crippen LogP contribution in [0.3, 0.4) is 0 Å². The number of rotatable bonds is 4. The Balaban J connectivity index is 2.15. The maximum Gasteiger partial charge on any atom is 0.224 e. The lowest BCUT2D eigenvalue weighted by Gasteiger charge is -2.40. The highest BCUT2D eigenvalue weighted by atomic mass is 79.9. The lowest BCUT2D eigenvalue weighted by atomic mass is 10.2. The monoisotopic (exact) mass is 327 g/mol. The van der Waals surface area contributed by atoms with Crippen LogP contribution in [0.15, 0.2) is 10.7 Å². The fourth-order valence-electron chi connectivity index (χ4n) is 2.48. The van der Waals surface area contributed by atoms with E-state index >= 15 is 0 Å². The summed E-state index contributed by atoms with van der Waals surface area (Å²) in [5.74, 6) is 1.69. The molecule has 0 aliphatic carbocycles. The van der Waals surface area contributed by atoms with Gasteiger partial charge in [0.05, 0.1) is 4.47 Å². The van der Waals surface area contributed by atoms with Crippen LogP contribution in [0.2, 0.25) is 0 Å². The second kappa shape index (κ2) is 6.52. The van der Waals surface area contributed by atoms with E-state index in [1.807, 2.05) is 13.1 Å². The number of halogens is 1. The first kappa shape index (κ1) is 14.5. The molecule has 1 saturated heterocycles. The largest absolute Gasteiger partial charge is 0.354 e. The number of hydrogen-bond acceptors (Lipinski definition) is 5. The Labute approximate surface area is 123 Å². The van der Waals surface area contributed by atoms with E-state index in [2.05, 4.69) is 54.9 Å². The highest BCUT2D eigenvalue weighted by Gasteiger charge is 2.24. The summed E-state index contributed by atoms with van der Waals surface area (Å²) in [7, 11) is 0. The molecule has 0 amide bonds. The van der Waals surface area contributed by atoms with Crippen LogP contribution in [-0.4, -0.2) is 53.6 Å². The van der Waals surface area contributed by atoms with Crippen molar-refractivity contribution in [2.45, 2.75) is 26.8 Å². The van der Waals surface area contributed by atoms with Crippen LogP contribution in [0, 0.1) is 0 Å². The van der Waals surface area contributed by atoms with Gasteiger partial charge in [-0.2, -0.15) is 4.98 Å². The molecule has 0 bridgehead atoms. The molecule has 2 heterocycles. The van der Waals surface area contributed by atoms with Gasteiger partial charge in [-0.05, 0) is 36.3 Å². The van der Waals surface area contributed by atoms with E-state index in [4.69, 9.17) is 0 Å². The molecule has 1 aromatic heterocycles. The Hall–Kier alpha value is -0.880. The average Bonchev–Trinajstić information content (AvgIpc) is 2.41. The molecule has 1 aliphatic rings. The average molecular weight is 328 g/mol. The quantitative estimate of drug-likeness (QED) is 0.918. The van der Waals surface area contributed by atoms with Crippen molar-refractivity contribution in [3.8, 4) is 0 Å². The van der Waals surface area contributed by atoms with Crippen molar-refractivity contribution in [3.05, 3.63) is 10.7 Å². The van der Waals surface area contributed by atoms with Gasteiger partial charge >= 0.3 is 0 Å². The van der Waals surface area contributed by atoms with Gasteiger partial charge in [-0.15, -0.1) is 0 Å². The maximum atomic E-state index is 4.61. The van der Waals surface area contributed by atoms with Gasteiger partial charge in [-0.25, -0.2) is 4.98 Å². The molecule has 1 fully saturated rings. The zero-order valence-electron chi connectivity index (χ0n) is 11.9. The Bertz CT molecular complexity index is 425. The summed E-state index contributed by atoms with van der Waals surface area (Å²) in [6.45, 7) is 11.6. The second-order valence-corrected chi connectivity index (χ2v) is 5.67. The number of anilines is 2. The minimum absolute atomic E-state index is 0.559. The van der Waals surface area contributed by atoms with E-state index in [1.165, 1.54) is 0 Å². The third kappa shape index (κ3) is 3.36. The number of aromatic nitrogens is 2. The summed E-state index contributed by atoms with van der Waals surface area (Å²) in [4.78, 5) is 13.7. The molecule has 0 spiro atoms. The summed E-state index contributed by atoms with van der Waals surface area (Å²) in [5.41, 5.74) is 0. The predicted molar refractivity (Wildman–Crippen MR) is 82.8 cm³/mol. The van der Waals surface area contributed by atoms with E-state index in [1.54, 1.807) is 0 Å². The molecule has 5 nitrogen and oxygen atoms in total. The van der Waals surface area contributed by atoms with Crippen molar-refractivity contribution in [3.63, 3.8) is 0 Å². The standard InChI is InChI=1S/C13H22BrN5/c1-4-15-13-16-8-11(14)12(17-13)19-7-6-18(5-2)10(3)9-19/h8,10H,4-7,9H2,1-3H3,(H,15,16,17). The molecule has 1 unspecified atom stereocenters. The summed E-state index contributed by atoms with van der Waals surface area (Å²) in [6, 6.07) is 0.559. The molecular formula is C13H22BrN5. The van der Waals surface area contributed by atoms with Gasteiger partial charge in [0, 0.05) is 38.4 Å². The number of nitrogens with zero attached hydrogens (tertiary/aromatic N) is 4. The van der Waals surface area contributed by atoms with Crippen molar-refractivity contribution < 1.29 is 0 Å². The predicted octanol–water partition coefficient (Wildman–Crippen LogP) is 2.20. The van der Waals surface area contributed by atoms with Crippen LogP contribution in [0.25, 0.3) is 0 Å². The van der Waals surface area contributed by atoms with Crippen LogP contribution >= 0.6 is 15.9 Å². The minimum atomic E-state index is 0.559. The third-order valence-corrected chi connectivity index (χ3v) is 4.09. The molecule has 1 N–H and O–H groups in total. The fourth-order valence-corrected chi connectivity index (χ4v) is 2.92. The summed E-state index contributed by atoms with van der Waals surface area (Å²) in [6.07, 6.45) is 1.83. The fraction of sp³-hybridized carbons (Fsp3) is 0.692. The molecule has 1 atom stereocenters. The lowest BCUT2D eigenvalue weighted by molar-refractivity contribution is 0.199. The number of piperazine rings is 1. The van der Waals surface area contributed by atoms with Crippen LogP contribution in [0.5, 0.6) is 0 Å². The Morgan fingerprint density at radius 1 is 1.42 bits per heavy atom. The Kier molecular flexibility index (Phi) is 4.99. The number of nitrogens with one attached hydrogen (secondary N) is 1. The molecule has 1 aliphatic heterocycles. The zero-order valence-corrected chi connectivity index (χ0v) is 13.4. The Morgan fingerprint density at radius 3 is 2.84 bits per heavy atom. The van der Waals surface area contributed by atoms with Crippen LogP contribution in [-0.2, 0) is 0 Å². The van der Waals surface area contributed by atoms with Gasteiger partial charge in [-0.1, -0.05) is 6.92 Å². The molecule has 2 rings (SSSR count). The van der Waals surface area contributed by atoms with E-state index in [0.717, 1.165) is 43.0 Å². The first-order valence-corrected chi connectivity index (χ1v) is 7.70. The molecular weight excluding hydrogens is 306 g/mol. The van der Waals surface area contributed by atoms with Gasteiger partial charge < -0.3 is 10.2 Å². The molecule has 0 saturated carbocycles. The first-order valence-electron chi connectivity index (χ1n) is 6.91. The van der Waals surface area contributed by atoms with Crippen molar-refractivity contribution in [1.29, 1.82) is 0 Å². The number of likely N-dealkylation sites (N-methyl/N-ethyl adjacent to an activating group) is 1. The maximum absolute atomic E-state index is 4.61. The summed E-state index contributed by atoms with van der Waals surface area (Å²) >= 11 is 3.56. The lowest BCUT2D eigenvalue weighted by Crippen LogP contribution is -2.52. The van der Waals surface area contributed by atoms with Crippen LogP contribution in [0.4, 0.5) is 11.8 Å². The highest BCUT2D eigenvalue weighted by molar-refractivity contribution is 9.10. The van der Waals surface area contributed by atoms with Gasteiger partial charge in [-0.3, -0.25) is 4.90 Å². The van der Waals surface area contributed by atoms with Gasteiger partial charge in [0.15, 0.2) is 0 Å². The van der Waals surface area contributed by atoms with Gasteiger partial charge in [0.1, 0.15) is 5.82 Å². The SMILES string of the molecule is CCNc1ncc(Br)c(N2CCN(CC)C(C)C2)n1. The molecule has 0 radical (unpaired) electrons. The second-order valence-electron chi connectivity index (χ2n) is 4.82. The van der Waals surface area contributed by atoms with Crippen molar-refractivity contribution in [2.75, 3.05) is 42.9 Å². The van der Waals surface area contributed by atoms with Crippen molar-refractivity contribution in [1.82, 2.24) is 14.9 Å². The molecule has 6 heteroatoms. The van der Waals surface area contributed by atoms with E-state index in [-0.39, 0.29) is 0 Å². The van der Waals surface area contributed by atoms with Gasteiger partial charge in [0.25, 0.3) is 0 Å². The van der Waals surface area contributed by atoms with E-state index < -0.39 is 0 Å². The minimum Gasteiger partial charge on any atom is -0.354 e. The van der Waals surface area contributed by atoms with Gasteiger partial charge in [0.2, 0.25) is 5.95 Å². The normalized spacial score (nSPS) is 20.6. The highest BCUT2D eigenvalue weighted by Crippen LogP contribution is 2.26. The van der Waals surface area contributed by atoms with Crippen molar-refractivity contribution >= 4 is 27.7 Å². The van der Waals surface area contributed by atoms with E-state index in [0.29, 0.717) is 12.0 Å². The first-order chi connectivity index (χ1) is 9.15. The molecule has 19 heavy (non-hydrogen) atoms. The summed E-state index contributed by atoms with van der Waals surface area (Å²) < 4.78 is 0.964. The van der Waals surface area contributed by atoms with E-state index in [9.17, 15) is 0 Å². The number of hydrogen-bond donors (Lipinski definition) is 1. The van der Waals surface area contributed by atoms with Crippen molar-refractivity contribution in [2.24, 2.45) is 0 Å². The third-order valence-electron chi connectivity index (χ3n) is 3.53. The van der Waals surface area contributed by atoms with Crippen LogP contribution < -0.4 is 10.2 Å². The zero-order chi connectivity index (χ0) is 13.8. The smallest absolute Gasteiger partial charge is 0.224 e. The molecule has 1 aromatic rings. The Morgan fingerprint density at radius 2 is 2.21 bits per heavy atom. The topological polar surface area (TPSA) is 44.3 Å². The summed E-state index contributed by atoms with van der Waals surface area (Å²) in [5, 5.41) is 3.17.